The molecule has 0 N–H and O–H groups in total. The van der Waals surface area contributed by atoms with Gasteiger partial charge < -0.3 is 4.90 Å². The third kappa shape index (κ3) is 3.77. The Morgan fingerprint density at radius 1 is 0.957 bits per heavy atom. The van der Waals surface area contributed by atoms with E-state index in [4.69, 9.17) is 0 Å². The fourth-order valence-corrected chi connectivity index (χ4v) is 5.13. The molecule has 1 saturated carbocycles. The second-order valence-corrected chi connectivity index (χ2v) is 7.96. The summed E-state index contributed by atoms with van der Waals surface area (Å²) in [4.78, 5) is 9.70. The Labute approximate surface area is 141 Å². The summed E-state index contributed by atoms with van der Waals surface area (Å²) >= 11 is 0. The number of pyridine rings is 1. The van der Waals surface area contributed by atoms with E-state index < -0.39 is 0 Å². The maximum atomic E-state index is 4.24. The number of hydrogen-bond donors (Lipinski definition) is 0. The molecule has 1 atom stereocenters. The van der Waals surface area contributed by atoms with Gasteiger partial charge >= 0.3 is 0 Å². The van der Waals surface area contributed by atoms with E-state index in [0.29, 0.717) is 0 Å². The molecule has 23 heavy (non-hydrogen) atoms. The van der Waals surface area contributed by atoms with Gasteiger partial charge in [-0.05, 0) is 75.2 Å². The Morgan fingerprint density at radius 3 is 2.48 bits per heavy atom. The van der Waals surface area contributed by atoms with Crippen molar-refractivity contribution in [2.75, 3.05) is 26.2 Å². The minimum Gasteiger partial charge on any atom is -0.300 e. The smallest absolute Gasteiger partial charge is 0.0312 e. The number of aromatic nitrogens is 1. The largest absolute Gasteiger partial charge is 0.300 e. The molecule has 0 aromatic carbocycles. The van der Waals surface area contributed by atoms with Gasteiger partial charge in [0.05, 0.1) is 0 Å². The number of nitrogens with zero attached hydrogens (tertiary/aromatic N) is 3. The van der Waals surface area contributed by atoms with E-state index in [1.165, 1.54) is 76.7 Å². The molecule has 0 spiro atoms. The zero-order valence-corrected chi connectivity index (χ0v) is 14.4. The summed E-state index contributed by atoms with van der Waals surface area (Å²) in [7, 11) is 0. The van der Waals surface area contributed by atoms with Crippen molar-refractivity contribution in [2.45, 2.75) is 57.5 Å². The van der Waals surface area contributed by atoms with Crippen molar-refractivity contribution < 1.29 is 0 Å². The third-order valence-electron chi connectivity index (χ3n) is 6.53. The van der Waals surface area contributed by atoms with Crippen LogP contribution in [0.1, 0.15) is 50.5 Å². The normalized spacial score (nSPS) is 28.6. The highest BCUT2D eigenvalue weighted by molar-refractivity contribution is 5.08. The van der Waals surface area contributed by atoms with Crippen molar-refractivity contribution >= 4 is 0 Å². The molecule has 3 aliphatic rings. The number of piperidine rings is 1. The zero-order chi connectivity index (χ0) is 15.5. The van der Waals surface area contributed by atoms with Gasteiger partial charge in [-0.15, -0.1) is 0 Å². The van der Waals surface area contributed by atoms with Crippen molar-refractivity contribution in [3.8, 4) is 0 Å². The molecule has 2 saturated heterocycles. The molecule has 0 bridgehead atoms. The van der Waals surface area contributed by atoms with Crippen molar-refractivity contribution in [3.05, 3.63) is 30.1 Å². The second kappa shape index (κ2) is 7.31. The predicted octanol–water partition coefficient (Wildman–Crippen LogP) is 3.56. The first-order chi connectivity index (χ1) is 11.4. The Balaban J connectivity index is 1.24. The summed E-state index contributed by atoms with van der Waals surface area (Å²) in [5, 5.41) is 0. The van der Waals surface area contributed by atoms with Gasteiger partial charge in [0.25, 0.3) is 0 Å². The van der Waals surface area contributed by atoms with Gasteiger partial charge in [-0.3, -0.25) is 9.88 Å². The molecule has 0 radical (unpaired) electrons. The molecule has 3 heteroatoms. The van der Waals surface area contributed by atoms with Gasteiger partial charge in [-0.25, -0.2) is 0 Å². The van der Waals surface area contributed by atoms with E-state index in [-0.39, 0.29) is 0 Å². The lowest BCUT2D eigenvalue weighted by Crippen LogP contribution is -2.37. The quantitative estimate of drug-likeness (QED) is 0.847. The molecule has 3 fully saturated rings. The van der Waals surface area contributed by atoms with E-state index in [9.17, 15) is 0 Å². The Kier molecular flexibility index (Phi) is 4.96. The van der Waals surface area contributed by atoms with Crippen LogP contribution in [0.25, 0.3) is 0 Å². The Hall–Kier alpha value is -0.930. The molecular formula is C20H31N3. The first-order valence-electron chi connectivity index (χ1n) is 9.74. The number of likely N-dealkylation sites (tertiary alicyclic amines) is 2. The van der Waals surface area contributed by atoms with Crippen LogP contribution < -0.4 is 0 Å². The highest BCUT2D eigenvalue weighted by atomic mass is 15.2. The van der Waals surface area contributed by atoms with Crippen LogP contribution >= 0.6 is 0 Å². The number of rotatable bonds is 4. The van der Waals surface area contributed by atoms with Crippen LogP contribution in [0.2, 0.25) is 0 Å². The highest BCUT2D eigenvalue weighted by Crippen LogP contribution is 2.35. The van der Waals surface area contributed by atoms with Crippen molar-refractivity contribution in [1.82, 2.24) is 14.8 Å². The molecule has 1 unspecified atom stereocenters. The summed E-state index contributed by atoms with van der Waals surface area (Å²) in [5.74, 6) is 1.96. The monoisotopic (exact) mass is 313 g/mol. The SMILES string of the molecule is c1cncc(CN2CCC(C3CCN(C4CCCC4)C3)CC2)c1. The molecule has 2 aliphatic heterocycles. The molecule has 1 aromatic heterocycles. The van der Waals surface area contributed by atoms with Gasteiger partial charge in [0, 0.05) is 31.5 Å². The van der Waals surface area contributed by atoms with Crippen molar-refractivity contribution in [2.24, 2.45) is 11.8 Å². The molecule has 3 heterocycles. The van der Waals surface area contributed by atoms with E-state index in [2.05, 4.69) is 26.9 Å². The summed E-state index contributed by atoms with van der Waals surface area (Å²) in [6.45, 7) is 6.42. The second-order valence-electron chi connectivity index (χ2n) is 7.96. The van der Waals surface area contributed by atoms with E-state index in [1.807, 2.05) is 12.4 Å². The highest BCUT2D eigenvalue weighted by Gasteiger charge is 2.35. The van der Waals surface area contributed by atoms with Gasteiger partial charge in [0.1, 0.15) is 0 Å². The third-order valence-corrected chi connectivity index (χ3v) is 6.53. The first kappa shape index (κ1) is 15.6. The van der Waals surface area contributed by atoms with E-state index in [1.54, 1.807) is 0 Å². The van der Waals surface area contributed by atoms with Crippen LogP contribution in [0.15, 0.2) is 24.5 Å². The van der Waals surface area contributed by atoms with Crippen LogP contribution in [0.5, 0.6) is 0 Å². The lowest BCUT2D eigenvalue weighted by molar-refractivity contribution is 0.137. The summed E-state index contributed by atoms with van der Waals surface area (Å²) in [5.41, 5.74) is 1.36. The van der Waals surface area contributed by atoms with Crippen LogP contribution in [-0.2, 0) is 6.54 Å². The Morgan fingerprint density at radius 2 is 1.74 bits per heavy atom. The first-order valence-corrected chi connectivity index (χ1v) is 9.74. The standard InChI is InChI=1S/C20H31N3/c1-2-6-20(5-1)23-13-9-19(16-23)18-7-11-22(12-8-18)15-17-4-3-10-21-14-17/h3-4,10,14,18-20H,1-2,5-9,11-13,15-16H2. The number of hydrogen-bond acceptors (Lipinski definition) is 3. The fourth-order valence-electron chi connectivity index (χ4n) is 5.13. The Bertz CT molecular complexity index is 475. The maximum absolute atomic E-state index is 4.24. The van der Waals surface area contributed by atoms with Gasteiger partial charge in [-0.1, -0.05) is 18.9 Å². The summed E-state index contributed by atoms with van der Waals surface area (Å²) in [6.07, 6.45) is 14.0. The molecule has 4 rings (SSSR count). The van der Waals surface area contributed by atoms with Crippen molar-refractivity contribution in [3.63, 3.8) is 0 Å². The van der Waals surface area contributed by atoms with Crippen LogP contribution in [-0.4, -0.2) is 47.0 Å². The van der Waals surface area contributed by atoms with Crippen molar-refractivity contribution in [1.29, 1.82) is 0 Å². The van der Waals surface area contributed by atoms with Crippen LogP contribution in [0.3, 0.4) is 0 Å². The average molecular weight is 313 g/mol. The molecule has 1 aromatic rings. The van der Waals surface area contributed by atoms with E-state index >= 15 is 0 Å². The lowest BCUT2D eigenvalue weighted by atomic mass is 9.83. The summed E-state index contributed by atoms with van der Waals surface area (Å²) < 4.78 is 0. The van der Waals surface area contributed by atoms with E-state index in [0.717, 1.165) is 24.4 Å². The minimum atomic E-state index is 0.936. The molecule has 1 aliphatic carbocycles. The van der Waals surface area contributed by atoms with Gasteiger partial charge in [0.2, 0.25) is 0 Å². The zero-order valence-electron chi connectivity index (χ0n) is 14.4. The maximum Gasteiger partial charge on any atom is 0.0312 e. The molecule has 0 amide bonds. The van der Waals surface area contributed by atoms with Crippen LogP contribution in [0.4, 0.5) is 0 Å². The average Bonchev–Trinajstić information content (AvgIpc) is 3.28. The predicted molar refractivity (Wildman–Crippen MR) is 94.2 cm³/mol. The molecule has 3 nitrogen and oxygen atoms in total. The van der Waals surface area contributed by atoms with Gasteiger partial charge in [-0.2, -0.15) is 0 Å². The molecular weight excluding hydrogens is 282 g/mol. The summed E-state index contributed by atoms with van der Waals surface area (Å²) in [6, 6.07) is 5.19. The van der Waals surface area contributed by atoms with Gasteiger partial charge in [0.15, 0.2) is 0 Å². The minimum absolute atomic E-state index is 0.936. The molecule has 126 valence electrons. The van der Waals surface area contributed by atoms with Crippen LogP contribution in [0, 0.1) is 11.8 Å². The lowest BCUT2D eigenvalue weighted by Gasteiger charge is -2.35. The topological polar surface area (TPSA) is 19.4 Å². The fraction of sp³-hybridized carbons (Fsp3) is 0.750.